The molecular formula is C14H19Cl2N3O. The van der Waals surface area contributed by atoms with Crippen LogP contribution in [-0.2, 0) is 6.54 Å². The molecule has 110 valence electrons. The van der Waals surface area contributed by atoms with Gasteiger partial charge in [-0.25, -0.2) is 9.80 Å². The summed E-state index contributed by atoms with van der Waals surface area (Å²) in [7, 11) is 1.72. The van der Waals surface area contributed by atoms with E-state index in [9.17, 15) is 4.79 Å². The van der Waals surface area contributed by atoms with Gasteiger partial charge in [0.2, 0.25) is 0 Å². The third-order valence-corrected chi connectivity index (χ3v) is 3.59. The zero-order valence-electron chi connectivity index (χ0n) is 11.7. The maximum atomic E-state index is 12.0. The van der Waals surface area contributed by atoms with E-state index >= 15 is 0 Å². The molecule has 20 heavy (non-hydrogen) atoms. The molecule has 0 atom stereocenters. The van der Waals surface area contributed by atoms with Crippen LogP contribution in [0.15, 0.2) is 30.9 Å². The highest BCUT2D eigenvalue weighted by Gasteiger charge is 2.14. The third kappa shape index (κ3) is 4.71. The Labute approximate surface area is 129 Å². The van der Waals surface area contributed by atoms with Crippen molar-refractivity contribution in [1.29, 1.82) is 0 Å². The van der Waals surface area contributed by atoms with Crippen molar-refractivity contribution in [3.63, 3.8) is 0 Å². The fourth-order valence-corrected chi connectivity index (χ4v) is 2.00. The van der Waals surface area contributed by atoms with Crippen LogP contribution in [-0.4, -0.2) is 36.2 Å². The smallest absolute Gasteiger partial charge is 0.331 e. The van der Waals surface area contributed by atoms with E-state index in [4.69, 9.17) is 23.2 Å². The summed E-state index contributed by atoms with van der Waals surface area (Å²) in [6, 6.07) is 5.10. The molecule has 0 aliphatic heterocycles. The fraction of sp³-hybridized carbons (Fsp3) is 0.357. The van der Waals surface area contributed by atoms with Crippen LogP contribution in [0.25, 0.3) is 0 Å². The molecule has 0 spiro atoms. The minimum atomic E-state index is -0.181. The van der Waals surface area contributed by atoms with Crippen molar-refractivity contribution in [3.8, 4) is 0 Å². The second-order valence-electron chi connectivity index (χ2n) is 4.22. The average Bonchev–Trinajstić information content (AvgIpc) is 2.44. The second-order valence-corrected chi connectivity index (χ2v) is 5.04. The second kappa shape index (κ2) is 8.15. The first-order valence-electron chi connectivity index (χ1n) is 6.30. The van der Waals surface area contributed by atoms with Crippen LogP contribution in [0.1, 0.15) is 12.5 Å². The lowest BCUT2D eigenvalue weighted by molar-refractivity contribution is 0.0522. The molecule has 0 fully saturated rings. The summed E-state index contributed by atoms with van der Waals surface area (Å²) in [6.45, 7) is 7.39. The number of carbonyl (C=O) groups is 1. The number of hydrazine groups is 1. The Morgan fingerprint density at radius 2 is 2.10 bits per heavy atom. The van der Waals surface area contributed by atoms with Gasteiger partial charge in [0.25, 0.3) is 0 Å². The lowest BCUT2D eigenvalue weighted by Gasteiger charge is -2.29. The summed E-state index contributed by atoms with van der Waals surface area (Å²) in [5, 5.41) is 7.22. The molecule has 0 aliphatic rings. The first-order chi connectivity index (χ1) is 9.49. The molecule has 0 saturated heterocycles. The highest BCUT2D eigenvalue weighted by molar-refractivity contribution is 6.42. The third-order valence-electron chi connectivity index (χ3n) is 2.85. The van der Waals surface area contributed by atoms with Crippen molar-refractivity contribution >= 4 is 29.2 Å². The number of hydrogen-bond acceptors (Lipinski definition) is 2. The van der Waals surface area contributed by atoms with Crippen LogP contribution in [0.2, 0.25) is 10.0 Å². The standard InChI is InChI=1S/C14H19Cl2N3O/c1-4-8-19(5-2)18(3)14(20)17-10-11-6-7-12(15)13(16)9-11/h4,6-7,9H,1,5,8,10H2,2-3H3,(H,17,20). The Morgan fingerprint density at radius 1 is 1.40 bits per heavy atom. The summed E-state index contributed by atoms with van der Waals surface area (Å²) in [4.78, 5) is 12.0. The Hall–Kier alpha value is -1.23. The highest BCUT2D eigenvalue weighted by atomic mass is 35.5. The topological polar surface area (TPSA) is 35.6 Å². The molecule has 0 heterocycles. The summed E-state index contributed by atoms with van der Waals surface area (Å²) in [5.74, 6) is 0. The van der Waals surface area contributed by atoms with Gasteiger partial charge >= 0.3 is 6.03 Å². The molecule has 4 nitrogen and oxygen atoms in total. The molecule has 0 aliphatic carbocycles. The summed E-state index contributed by atoms with van der Waals surface area (Å²) >= 11 is 11.8. The quantitative estimate of drug-likeness (QED) is 0.643. The molecule has 0 radical (unpaired) electrons. The zero-order valence-corrected chi connectivity index (χ0v) is 13.2. The van der Waals surface area contributed by atoms with E-state index in [1.807, 2.05) is 18.0 Å². The van der Waals surface area contributed by atoms with Crippen molar-refractivity contribution < 1.29 is 4.79 Å². The molecule has 2 amide bonds. The molecule has 1 N–H and O–H groups in total. The number of halogens is 2. The van der Waals surface area contributed by atoms with E-state index in [0.717, 1.165) is 12.1 Å². The molecule has 0 bridgehead atoms. The number of urea groups is 1. The minimum absolute atomic E-state index is 0.181. The summed E-state index contributed by atoms with van der Waals surface area (Å²) in [5.41, 5.74) is 0.896. The monoisotopic (exact) mass is 315 g/mol. The van der Waals surface area contributed by atoms with Gasteiger partial charge in [0, 0.05) is 26.7 Å². The number of benzene rings is 1. The Balaban J connectivity index is 2.57. The normalized spacial score (nSPS) is 10.4. The summed E-state index contributed by atoms with van der Waals surface area (Å²) < 4.78 is 0. The maximum Gasteiger partial charge on any atom is 0.331 e. The van der Waals surface area contributed by atoms with Gasteiger partial charge in [-0.2, -0.15) is 0 Å². The number of likely N-dealkylation sites (N-methyl/N-ethyl adjacent to an activating group) is 1. The zero-order chi connectivity index (χ0) is 15.1. The van der Waals surface area contributed by atoms with Gasteiger partial charge in [-0.1, -0.05) is 42.3 Å². The Kier molecular flexibility index (Phi) is 6.85. The number of amides is 2. The lowest BCUT2D eigenvalue weighted by atomic mass is 10.2. The van der Waals surface area contributed by atoms with Crippen molar-refractivity contribution in [2.24, 2.45) is 0 Å². The molecule has 0 unspecified atom stereocenters. The van der Waals surface area contributed by atoms with Crippen LogP contribution in [0.5, 0.6) is 0 Å². The predicted molar refractivity (Wildman–Crippen MR) is 83.9 cm³/mol. The Bertz CT molecular complexity index is 479. The van der Waals surface area contributed by atoms with Crippen LogP contribution in [0.3, 0.4) is 0 Å². The summed E-state index contributed by atoms with van der Waals surface area (Å²) in [6.07, 6.45) is 1.76. The van der Waals surface area contributed by atoms with Crippen LogP contribution in [0.4, 0.5) is 4.79 Å². The first kappa shape index (κ1) is 16.8. The SMILES string of the molecule is C=CCN(CC)N(C)C(=O)NCc1ccc(Cl)c(Cl)c1. The van der Waals surface area contributed by atoms with Gasteiger partial charge in [-0.05, 0) is 17.7 Å². The van der Waals surface area contributed by atoms with E-state index in [0.29, 0.717) is 23.1 Å². The predicted octanol–water partition coefficient (Wildman–Crippen LogP) is 3.56. The van der Waals surface area contributed by atoms with Gasteiger partial charge in [-0.15, -0.1) is 6.58 Å². The highest BCUT2D eigenvalue weighted by Crippen LogP contribution is 2.22. The number of hydrogen-bond donors (Lipinski definition) is 1. The van der Waals surface area contributed by atoms with Crippen molar-refractivity contribution in [3.05, 3.63) is 46.5 Å². The van der Waals surface area contributed by atoms with E-state index in [2.05, 4.69) is 11.9 Å². The van der Waals surface area contributed by atoms with Crippen molar-refractivity contribution in [2.45, 2.75) is 13.5 Å². The van der Waals surface area contributed by atoms with Gasteiger partial charge in [-0.3, -0.25) is 5.01 Å². The maximum absolute atomic E-state index is 12.0. The molecule has 1 rings (SSSR count). The molecule has 0 aromatic heterocycles. The van der Waals surface area contributed by atoms with Gasteiger partial charge in [0.1, 0.15) is 0 Å². The number of carbonyl (C=O) groups excluding carboxylic acids is 1. The molecule has 1 aromatic rings. The molecular weight excluding hydrogens is 297 g/mol. The van der Waals surface area contributed by atoms with E-state index in [1.54, 1.807) is 30.3 Å². The van der Waals surface area contributed by atoms with E-state index in [-0.39, 0.29) is 6.03 Å². The molecule has 1 aromatic carbocycles. The van der Waals surface area contributed by atoms with Crippen LogP contribution in [0, 0.1) is 0 Å². The van der Waals surface area contributed by atoms with Crippen molar-refractivity contribution in [2.75, 3.05) is 20.1 Å². The number of rotatable bonds is 6. The number of nitrogens with one attached hydrogen (secondary N) is 1. The fourth-order valence-electron chi connectivity index (χ4n) is 1.68. The van der Waals surface area contributed by atoms with Crippen LogP contribution >= 0.6 is 23.2 Å². The van der Waals surface area contributed by atoms with Gasteiger partial charge < -0.3 is 5.32 Å². The van der Waals surface area contributed by atoms with E-state index in [1.165, 1.54) is 0 Å². The first-order valence-corrected chi connectivity index (χ1v) is 7.06. The van der Waals surface area contributed by atoms with E-state index < -0.39 is 0 Å². The Morgan fingerprint density at radius 3 is 2.65 bits per heavy atom. The van der Waals surface area contributed by atoms with Crippen molar-refractivity contribution in [1.82, 2.24) is 15.3 Å². The van der Waals surface area contributed by atoms with Crippen LogP contribution < -0.4 is 5.32 Å². The lowest BCUT2D eigenvalue weighted by Crippen LogP contribution is -2.48. The van der Waals surface area contributed by atoms with Gasteiger partial charge in [0.15, 0.2) is 0 Å². The molecule has 0 saturated carbocycles. The van der Waals surface area contributed by atoms with Gasteiger partial charge in [0.05, 0.1) is 10.0 Å². The minimum Gasteiger partial charge on any atom is -0.333 e. The number of nitrogens with zero attached hydrogens (tertiary/aromatic N) is 2. The molecule has 6 heteroatoms. The largest absolute Gasteiger partial charge is 0.333 e. The average molecular weight is 316 g/mol.